The van der Waals surface area contributed by atoms with Gasteiger partial charge in [-0.1, -0.05) is 13.8 Å². The monoisotopic (exact) mass is 237 g/mol. The number of nitrogens with zero attached hydrogens (tertiary/aromatic N) is 3. The zero-order chi connectivity index (χ0) is 12.9. The van der Waals surface area contributed by atoms with Crippen molar-refractivity contribution < 1.29 is 0 Å². The first-order valence-corrected chi connectivity index (χ1v) is 5.95. The summed E-state index contributed by atoms with van der Waals surface area (Å²) in [7, 11) is 2.02. The van der Waals surface area contributed by atoms with Gasteiger partial charge in [0.05, 0.1) is 0 Å². The van der Waals surface area contributed by atoms with Gasteiger partial charge in [0.25, 0.3) is 0 Å². The second-order valence-electron chi connectivity index (χ2n) is 5.02. The normalized spacial score (nSPS) is 11.4. The number of hydrogen-bond acceptors (Lipinski definition) is 5. The Morgan fingerprint density at radius 1 is 1.41 bits per heavy atom. The third kappa shape index (κ3) is 4.19. The van der Waals surface area contributed by atoms with Crippen molar-refractivity contribution in [1.82, 2.24) is 9.97 Å². The van der Waals surface area contributed by atoms with E-state index in [1.807, 2.05) is 20.0 Å². The van der Waals surface area contributed by atoms with E-state index in [9.17, 15) is 0 Å². The molecule has 5 heteroatoms. The maximum Gasteiger partial charge on any atom is 0.133 e. The quantitative estimate of drug-likeness (QED) is 0.781. The van der Waals surface area contributed by atoms with E-state index >= 15 is 0 Å². The molecule has 0 aromatic carbocycles. The Morgan fingerprint density at radius 2 is 2.12 bits per heavy atom. The van der Waals surface area contributed by atoms with Crippen LogP contribution in [-0.2, 0) is 0 Å². The van der Waals surface area contributed by atoms with Crippen LogP contribution in [0.25, 0.3) is 0 Å². The smallest absolute Gasteiger partial charge is 0.133 e. The number of anilines is 2. The van der Waals surface area contributed by atoms with E-state index in [0.29, 0.717) is 6.54 Å². The van der Waals surface area contributed by atoms with Crippen molar-refractivity contribution in [3.63, 3.8) is 0 Å². The lowest BCUT2D eigenvalue weighted by molar-refractivity contribution is 0.384. The van der Waals surface area contributed by atoms with Gasteiger partial charge >= 0.3 is 0 Å². The summed E-state index contributed by atoms with van der Waals surface area (Å²) in [5.41, 5.74) is 5.82. The van der Waals surface area contributed by atoms with Gasteiger partial charge in [0.1, 0.15) is 18.0 Å². The predicted molar refractivity (Wildman–Crippen MR) is 72.3 cm³/mol. The fraction of sp³-hybridized carbons (Fsp3) is 0.667. The molecule has 0 saturated heterocycles. The Labute approximate surface area is 103 Å². The lowest BCUT2D eigenvalue weighted by atomic mass is 9.93. The number of nitrogens with one attached hydrogen (secondary N) is 1. The van der Waals surface area contributed by atoms with E-state index in [1.54, 1.807) is 6.33 Å². The van der Waals surface area contributed by atoms with Crippen LogP contribution in [0.5, 0.6) is 0 Å². The topological polar surface area (TPSA) is 67.1 Å². The summed E-state index contributed by atoms with van der Waals surface area (Å²) in [6.07, 6.45) is 1.58. The number of nitrogens with two attached hydrogens (primary N) is 1. The highest BCUT2D eigenvalue weighted by Gasteiger charge is 2.19. The van der Waals surface area contributed by atoms with Crippen LogP contribution in [0.4, 0.5) is 11.6 Å². The number of rotatable bonds is 6. The number of aromatic nitrogens is 2. The molecule has 0 amide bonds. The predicted octanol–water partition coefficient (Wildman–Crippen LogP) is 1.33. The SMILES string of the molecule is CCNc1cc(N(C)CC(C)(C)CN)ncn1. The first-order valence-electron chi connectivity index (χ1n) is 5.95. The molecule has 0 unspecified atom stereocenters. The molecule has 96 valence electrons. The van der Waals surface area contributed by atoms with Crippen LogP contribution in [0, 0.1) is 5.41 Å². The van der Waals surface area contributed by atoms with Gasteiger partial charge in [0.15, 0.2) is 0 Å². The van der Waals surface area contributed by atoms with Crippen LogP contribution in [0.2, 0.25) is 0 Å². The molecule has 0 aliphatic rings. The van der Waals surface area contributed by atoms with Crippen LogP contribution in [0.15, 0.2) is 12.4 Å². The Bertz CT molecular complexity index is 351. The van der Waals surface area contributed by atoms with Gasteiger partial charge in [-0.05, 0) is 18.9 Å². The molecule has 0 bridgehead atoms. The summed E-state index contributed by atoms with van der Waals surface area (Å²) in [6.45, 7) is 8.72. The number of hydrogen-bond donors (Lipinski definition) is 2. The lowest BCUT2D eigenvalue weighted by Gasteiger charge is -2.29. The van der Waals surface area contributed by atoms with Crippen molar-refractivity contribution in [3.05, 3.63) is 12.4 Å². The molecule has 3 N–H and O–H groups in total. The first-order chi connectivity index (χ1) is 7.98. The van der Waals surface area contributed by atoms with Crippen LogP contribution in [0.3, 0.4) is 0 Å². The lowest BCUT2D eigenvalue weighted by Crippen LogP contribution is -2.37. The Kier molecular flexibility index (Phi) is 4.69. The molecule has 1 rings (SSSR count). The zero-order valence-electron chi connectivity index (χ0n) is 11.2. The minimum atomic E-state index is 0.0814. The van der Waals surface area contributed by atoms with E-state index in [0.717, 1.165) is 24.7 Å². The molecule has 0 spiro atoms. The summed E-state index contributed by atoms with van der Waals surface area (Å²) >= 11 is 0. The molecular weight excluding hydrogens is 214 g/mol. The third-order valence-corrected chi connectivity index (χ3v) is 2.62. The summed E-state index contributed by atoms with van der Waals surface area (Å²) in [6, 6.07) is 1.95. The minimum absolute atomic E-state index is 0.0814. The van der Waals surface area contributed by atoms with Crippen molar-refractivity contribution in [1.29, 1.82) is 0 Å². The van der Waals surface area contributed by atoms with Crippen LogP contribution in [0.1, 0.15) is 20.8 Å². The molecular formula is C12H23N5. The highest BCUT2D eigenvalue weighted by Crippen LogP contribution is 2.19. The van der Waals surface area contributed by atoms with E-state index in [4.69, 9.17) is 5.73 Å². The third-order valence-electron chi connectivity index (χ3n) is 2.62. The van der Waals surface area contributed by atoms with Gasteiger partial charge in [-0.15, -0.1) is 0 Å². The highest BCUT2D eigenvalue weighted by molar-refractivity contribution is 5.47. The summed E-state index contributed by atoms with van der Waals surface area (Å²) in [4.78, 5) is 10.5. The van der Waals surface area contributed by atoms with Crippen molar-refractivity contribution in [2.45, 2.75) is 20.8 Å². The molecule has 0 aliphatic carbocycles. The second-order valence-corrected chi connectivity index (χ2v) is 5.02. The van der Waals surface area contributed by atoms with E-state index in [-0.39, 0.29) is 5.41 Å². The molecule has 5 nitrogen and oxygen atoms in total. The Balaban J connectivity index is 2.74. The average Bonchev–Trinajstić information content (AvgIpc) is 2.29. The average molecular weight is 237 g/mol. The Morgan fingerprint density at radius 3 is 2.71 bits per heavy atom. The molecule has 0 fully saturated rings. The zero-order valence-corrected chi connectivity index (χ0v) is 11.2. The fourth-order valence-corrected chi connectivity index (χ4v) is 1.62. The molecule has 0 aliphatic heterocycles. The van der Waals surface area contributed by atoms with Crippen molar-refractivity contribution in [2.75, 3.05) is 36.9 Å². The van der Waals surface area contributed by atoms with Crippen molar-refractivity contribution >= 4 is 11.6 Å². The van der Waals surface area contributed by atoms with Crippen LogP contribution in [-0.4, -0.2) is 36.6 Å². The van der Waals surface area contributed by atoms with Gasteiger partial charge in [0.2, 0.25) is 0 Å². The first kappa shape index (κ1) is 13.7. The molecule has 0 radical (unpaired) electrons. The highest BCUT2D eigenvalue weighted by atomic mass is 15.2. The van der Waals surface area contributed by atoms with Gasteiger partial charge in [-0.2, -0.15) is 0 Å². The van der Waals surface area contributed by atoms with Gasteiger partial charge in [0, 0.05) is 26.2 Å². The van der Waals surface area contributed by atoms with E-state index in [1.165, 1.54) is 0 Å². The van der Waals surface area contributed by atoms with Crippen LogP contribution >= 0.6 is 0 Å². The summed E-state index contributed by atoms with van der Waals surface area (Å²) in [5.74, 6) is 1.77. The molecule has 0 saturated carbocycles. The maximum absolute atomic E-state index is 5.74. The van der Waals surface area contributed by atoms with Gasteiger partial charge < -0.3 is 16.0 Å². The minimum Gasteiger partial charge on any atom is -0.370 e. The molecule has 1 heterocycles. The van der Waals surface area contributed by atoms with E-state index in [2.05, 4.69) is 34.0 Å². The van der Waals surface area contributed by atoms with Crippen molar-refractivity contribution in [2.24, 2.45) is 11.1 Å². The maximum atomic E-state index is 5.74. The van der Waals surface area contributed by atoms with Crippen molar-refractivity contribution in [3.8, 4) is 0 Å². The van der Waals surface area contributed by atoms with Gasteiger partial charge in [-0.25, -0.2) is 9.97 Å². The second kappa shape index (κ2) is 5.82. The molecule has 17 heavy (non-hydrogen) atoms. The summed E-state index contributed by atoms with van der Waals surface area (Å²) in [5, 5.41) is 3.18. The Hall–Kier alpha value is -1.36. The van der Waals surface area contributed by atoms with Crippen LogP contribution < -0.4 is 16.0 Å². The molecule has 1 aromatic heterocycles. The largest absolute Gasteiger partial charge is 0.370 e. The molecule has 1 aromatic rings. The summed E-state index contributed by atoms with van der Waals surface area (Å²) < 4.78 is 0. The standard InChI is InChI=1S/C12H23N5/c1-5-14-10-6-11(16-9-15-10)17(4)8-12(2,3)7-13/h6,9H,5,7-8,13H2,1-4H3,(H,14,15,16). The fourth-order valence-electron chi connectivity index (χ4n) is 1.62. The van der Waals surface area contributed by atoms with Gasteiger partial charge in [-0.3, -0.25) is 0 Å². The van der Waals surface area contributed by atoms with E-state index < -0.39 is 0 Å². The molecule has 0 atom stereocenters.